The van der Waals surface area contributed by atoms with E-state index >= 15 is 0 Å². The van der Waals surface area contributed by atoms with E-state index in [4.69, 9.17) is 4.74 Å². The average molecular weight is 297 g/mol. The minimum atomic E-state index is -3.69. The summed E-state index contributed by atoms with van der Waals surface area (Å²) in [5.41, 5.74) is 0.650. The van der Waals surface area contributed by atoms with Gasteiger partial charge in [-0.1, -0.05) is 6.07 Å². The van der Waals surface area contributed by atoms with Gasteiger partial charge in [0.2, 0.25) is 10.0 Å². The smallest absolute Gasteiger partial charge is 0.243 e. The number of aromatic nitrogens is 2. The number of benzene rings is 1. The normalized spacial score (nSPS) is 21.4. The summed E-state index contributed by atoms with van der Waals surface area (Å²) in [7, 11) is -3.69. The van der Waals surface area contributed by atoms with Crippen LogP contribution in [-0.4, -0.2) is 37.5 Å². The third-order valence-corrected chi connectivity index (χ3v) is 4.99. The van der Waals surface area contributed by atoms with Gasteiger partial charge in [-0.2, -0.15) is 0 Å². The minimum Gasteiger partial charge on any atom is -0.377 e. The molecule has 8 heteroatoms. The van der Waals surface area contributed by atoms with Gasteiger partial charge in [-0.15, -0.1) is 0 Å². The molecule has 0 unspecified atom stereocenters. The summed E-state index contributed by atoms with van der Waals surface area (Å²) >= 11 is 0. The number of hydrogen-bond acceptors (Lipinski definition) is 6. The fraction of sp³-hybridized carbons (Fsp3) is 0.500. The van der Waals surface area contributed by atoms with Crippen molar-refractivity contribution in [1.82, 2.24) is 15.0 Å². The topological polar surface area (TPSA) is 94.3 Å². The average Bonchev–Trinajstić information content (AvgIpc) is 3.08. The molecule has 1 aromatic heterocycles. The van der Waals surface area contributed by atoms with Gasteiger partial charge < -0.3 is 4.74 Å². The SMILES string of the molecule is C[C@@H](NS(=O)(=O)c1cccc2nonc12)[C@H]1CCCO1. The predicted molar refractivity (Wildman–Crippen MR) is 70.6 cm³/mol. The Morgan fingerprint density at radius 3 is 3.00 bits per heavy atom. The molecule has 2 aromatic rings. The Bertz CT molecular complexity index is 706. The number of sulfonamides is 1. The predicted octanol–water partition coefficient (Wildman–Crippen LogP) is 1.07. The fourth-order valence-corrected chi connectivity index (χ4v) is 3.80. The molecule has 7 nitrogen and oxygen atoms in total. The van der Waals surface area contributed by atoms with E-state index in [0.29, 0.717) is 12.1 Å². The molecule has 1 saturated heterocycles. The van der Waals surface area contributed by atoms with E-state index in [9.17, 15) is 8.42 Å². The highest BCUT2D eigenvalue weighted by atomic mass is 32.2. The van der Waals surface area contributed by atoms with Gasteiger partial charge in [0, 0.05) is 12.6 Å². The largest absolute Gasteiger partial charge is 0.377 e. The molecule has 0 aliphatic carbocycles. The van der Waals surface area contributed by atoms with Crippen molar-refractivity contribution in [3.05, 3.63) is 18.2 Å². The quantitative estimate of drug-likeness (QED) is 0.907. The van der Waals surface area contributed by atoms with E-state index in [1.807, 2.05) is 0 Å². The lowest BCUT2D eigenvalue weighted by atomic mass is 10.1. The molecule has 1 aliphatic rings. The highest BCUT2D eigenvalue weighted by Gasteiger charge is 2.28. The summed E-state index contributed by atoms with van der Waals surface area (Å²) in [6.07, 6.45) is 1.73. The zero-order valence-corrected chi connectivity index (χ0v) is 11.8. The highest BCUT2D eigenvalue weighted by molar-refractivity contribution is 7.89. The molecule has 1 N–H and O–H groups in total. The molecule has 2 atom stereocenters. The van der Waals surface area contributed by atoms with E-state index in [-0.39, 0.29) is 22.6 Å². The Kier molecular flexibility index (Phi) is 3.45. The van der Waals surface area contributed by atoms with Crippen LogP contribution in [0.5, 0.6) is 0 Å². The number of hydrogen-bond donors (Lipinski definition) is 1. The van der Waals surface area contributed by atoms with Crippen molar-refractivity contribution in [1.29, 1.82) is 0 Å². The Balaban J connectivity index is 1.89. The van der Waals surface area contributed by atoms with E-state index in [1.165, 1.54) is 6.07 Å². The molecular weight excluding hydrogens is 282 g/mol. The lowest BCUT2D eigenvalue weighted by Crippen LogP contribution is -2.40. The maximum atomic E-state index is 12.4. The van der Waals surface area contributed by atoms with Crippen LogP contribution in [-0.2, 0) is 14.8 Å². The molecule has 1 aromatic carbocycles. The monoisotopic (exact) mass is 297 g/mol. The Morgan fingerprint density at radius 1 is 1.40 bits per heavy atom. The van der Waals surface area contributed by atoms with Crippen molar-refractivity contribution in [3.63, 3.8) is 0 Å². The maximum absolute atomic E-state index is 12.4. The molecule has 2 heterocycles. The van der Waals surface area contributed by atoms with Gasteiger partial charge in [0.15, 0.2) is 5.52 Å². The second-order valence-electron chi connectivity index (χ2n) is 4.85. The standard InChI is InChI=1S/C12H15N3O4S/c1-8(10-5-3-7-18-10)15-20(16,17)11-6-2-4-9-12(11)14-19-13-9/h2,4,6,8,10,15H,3,5,7H2,1H3/t8-,10-/m1/s1. The first-order valence-corrected chi connectivity index (χ1v) is 7.91. The first kappa shape index (κ1) is 13.5. The van der Waals surface area contributed by atoms with Crippen molar-refractivity contribution in [2.45, 2.75) is 36.8 Å². The van der Waals surface area contributed by atoms with Crippen LogP contribution >= 0.6 is 0 Å². The van der Waals surface area contributed by atoms with Gasteiger partial charge in [0.1, 0.15) is 10.4 Å². The van der Waals surface area contributed by atoms with Crippen molar-refractivity contribution < 1.29 is 17.8 Å². The van der Waals surface area contributed by atoms with Gasteiger partial charge in [0.25, 0.3) is 0 Å². The molecule has 0 amide bonds. The molecule has 0 radical (unpaired) electrons. The van der Waals surface area contributed by atoms with Gasteiger partial charge in [-0.3, -0.25) is 0 Å². The van der Waals surface area contributed by atoms with Crippen molar-refractivity contribution in [3.8, 4) is 0 Å². The molecular formula is C12H15N3O4S. The second-order valence-corrected chi connectivity index (χ2v) is 6.53. The summed E-state index contributed by atoms with van der Waals surface area (Å²) in [4.78, 5) is 0.0705. The summed E-state index contributed by atoms with van der Waals surface area (Å²) in [6.45, 7) is 2.48. The molecule has 20 heavy (non-hydrogen) atoms. The molecule has 1 fully saturated rings. The van der Waals surface area contributed by atoms with Crippen molar-refractivity contribution in [2.24, 2.45) is 0 Å². The zero-order chi connectivity index (χ0) is 14.2. The van der Waals surface area contributed by atoms with Gasteiger partial charge in [-0.05, 0) is 42.2 Å². The lowest BCUT2D eigenvalue weighted by molar-refractivity contribution is 0.0902. The van der Waals surface area contributed by atoms with Crippen molar-refractivity contribution in [2.75, 3.05) is 6.61 Å². The molecule has 0 saturated carbocycles. The second kappa shape index (κ2) is 5.12. The maximum Gasteiger partial charge on any atom is 0.243 e. The zero-order valence-electron chi connectivity index (χ0n) is 10.9. The van der Waals surface area contributed by atoms with Crippen LogP contribution in [0.3, 0.4) is 0 Å². The Labute approximate surface area is 116 Å². The molecule has 0 spiro atoms. The number of nitrogens with zero attached hydrogens (tertiary/aromatic N) is 2. The summed E-state index contributed by atoms with van der Waals surface area (Å²) in [6, 6.07) is 4.45. The van der Waals surface area contributed by atoms with Gasteiger partial charge in [0.05, 0.1) is 6.10 Å². The van der Waals surface area contributed by atoms with Gasteiger partial charge in [-0.25, -0.2) is 17.8 Å². The summed E-state index contributed by atoms with van der Waals surface area (Å²) < 4.78 is 37.6. The van der Waals surface area contributed by atoms with Crippen LogP contribution in [0, 0.1) is 0 Å². The molecule has 3 rings (SSSR count). The lowest BCUT2D eigenvalue weighted by Gasteiger charge is -2.19. The van der Waals surface area contributed by atoms with Crippen LogP contribution in [0.2, 0.25) is 0 Å². The first-order chi connectivity index (χ1) is 9.58. The minimum absolute atomic E-state index is 0.0705. The first-order valence-electron chi connectivity index (χ1n) is 6.43. The molecule has 1 aliphatic heterocycles. The number of fused-ring (bicyclic) bond motifs is 1. The van der Waals surface area contributed by atoms with Crippen molar-refractivity contribution >= 4 is 21.1 Å². The van der Waals surface area contributed by atoms with Crippen LogP contribution < -0.4 is 4.72 Å². The van der Waals surface area contributed by atoms with E-state index < -0.39 is 10.0 Å². The number of ether oxygens (including phenoxy) is 1. The Hall–Kier alpha value is -1.51. The van der Waals surface area contributed by atoms with E-state index in [1.54, 1.807) is 19.1 Å². The molecule has 108 valence electrons. The Morgan fingerprint density at radius 2 is 2.25 bits per heavy atom. The summed E-state index contributed by atoms with van der Waals surface area (Å²) in [5, 5.41) is 7.30. The number of nitrogens with one attached hydrogen (secondary N) is 1. The third-order valence-electron chi connectivity index (χ3n) is 3.40. The van der Waals surface area contributed by atoms with Crippen LogP contribution in [0.25, 0.3) is 11.0 Å². The third kappa shape index (κ3) is 2.41. The van der Waals surface area contributed by atoms with Crippen LogP contribution in [0.1, 0.15) is 19.8 Å². The summed E-state index contributed by atoms with van der Waals surface area (Å²) in [5.74, 6) is 0. The fourth-order valence-electron chi connectivity index (χ4n) is 2.38. The van der Waals surface area contributed by atoms with Gasteiger partial charge >= 0.3 is 0 Å². The van der Waals surface area contributed by atoms with E-state index in [2.05, 4.69) is 19.7 Å². The highest BCUT2D eigenvalue weighted by Crippen LogP contribution is 2.21. The van der Waals surface area contributed by atoms with Crippen LogP contribution in [0.4, 0.5) is 0 Å². The van der Waals surface area contributed by atoms with Crippen LogP contribution in [0.15, 0.2) is 27.7 Å². The number of rotatable bonds is 4. The molecule has 0 bridgehead atoms. The van der Waals surface area contributed by atoms with E-state index in [0.717, 1.165) is 12.8 Å².